The molecule has 1 amide bonds. The van der Waals surface area contributed by atoms with Crippen LogP contribution in [0.2, 0.25) is 5.02 Å². The molecule has 0 saturated heterocycles. The highest BCUT2D eigenvalue weighted by Crippen LogP contribution is 2.23. The molecule has 2 aromatic rings. The Morgan fingerprint density at radius 2 is 2.09 bits per heavy atom. The molecule has 2 aromatic carbocycles. The predicted molar refractivity (Wildman–Crippen MR) is 100 cm³/mol. The molecule has 1 aliphatic heterocycles. The minimum Gasteiger partial charge on any atom is -0.286 e. The van der Waals surface area contributed by atoms with Crippen molar-refractivity contribution in [2.45, 2.75) is 5.75 Å². The third-order valence-corrected chi connectivity index (χ3v) is 5.19. The molecule has 1 heterocycles. The van der Waals surface area contributed by atoms with E-state index in [2.05, 4.69) is 20.9 Å². The number of halogens is 2. The minimum absolute atomic E-state index is 0.0128. The molecule has 0 saturated carbocycles. The Morgan fingerprint density at radius 1 is 1.26 bits per heavy atom. The minimum atomic E-state index is -0.0128. The Kier molecular flexibility index (Phi) is 5.41. The van der Waals surface area contributed by atoms with E-state index < -0.39 is 0 Å². The zero-order valence-corrected chi connectivity index (χ0v) is 15.4. The van der Waals surface area contributed by atoms with Crippen molar-refractivity contribution in [2.24, 2.45) is 4.99 Å². The van der Waals surface area contributed by atoms with Gasteiger partial charge in [-0.05, 0) is 35.9 Å². The molecule has 118 valence electrons. The van der Waals surface area contributed by atoms with Gasteiger partial charge in [0.05, 0.1) is 6.54 Å². The van der Waals surface area contributed by atoms with Crippen molar-refractivity contribution in [3.05, 3.63) is 69.2 Å². The van der Waals surface area contributed by atoms with Gasteiger partial charge in [-0.25, -0.2) is 0 Å². The van der Waals surface area contributed by atoms with Crippen LogP contribution in [0.3, 0.4) is 0 Å². The fourth-order valence-corrected chi connectivity index (χ4v) is 3.89. The van der Waals surface area contributed by atoms with Crippen LogP contribution < -0.4 is 0 Å². The fraction of sp³-hybridized carbons (Fsp3) is 0.176. The second-order valence-electron chi connectivity index (χ2n) is 5.05. The molecule has 0 N–H and O–H groups in total. The van der Waals surface area contributed by atoms with E-state index in [-0.39, 0.29) is 5.91 Å². The fourth-order valence-electron chi connectivity index (χ4n) is 2.29. The topological polar surface area (TPSA) is 32.7 Å². The Balaban J connectivity index is 1.69. The number of carbonyl (C=O) groups excluding carboxylic acids is 1. The van der Waals surface area contributed by atoms with Gasteiger partial charge in [0.15, 0.2) is 5.17 Å². The maximum absolute atomic E-state index is 12.7. The van der Waals surface area contributed by atoms with Crippen LogP contribution in [-0.2, 0) is 5.75 Å². The number of nitrogens with zero attached hydrogens (tertiary/aromatic N) is 2. The summed E-state index contributed by atoms with van der Waals surface area (Å²) in [6.07, 6.45) is 0. The van der Waals surface area contributed by atoms with Crippen LogP contribution in [-0.4, -0.2) is 29.1 Å². The Labute approximate surface area is 152 Å². The SMILES string of the molecule is O=C(c1cccc(Br)c1)N1CCN=C1SCc1cccc(Cl)c1. The lowest BCUT2D eigenvalue weighted by Crippen LogP contribution is -2.32. The molecule has 0 unspecified atom stereocenters. The van der Waals surface area contributed by atoms with Gasteiger partial charge in [-0.1, -0.05) is 57.5 Å². The Morgan fingerprint density at radius 3 is 2.87 bits per heavy atom. The number of hydrogen-bond donors (Lipinski definition) is 0. The van der Waals surface area contributed by atoms with Crippen LogP contribution in [0.1, 0.15) is 15.9 Å². The van der Waals surface area contributed by atoms with Gasteiger partial charge >= 0.3 is 0 Å². The van der Waals surface area contributed by atoms with Crippen molar-refractivity contribution in [3.63, 3.8) is 0 Å². The van der Waals surface area contributed by atoms with Crippen LogP contribution in [0, 0.1) is 0 Å². The highest BCUT2D eigenvalue weighted by molar-refractivity contribution is 9.10. The van der Waals surface area contributed by atoms with E-state index in [0.717, 1.165) is 26.0 Å². The van der Waals surface area contributed by atoms with E-state index in [1.165, 1.54) is 0 Å². The average molecular weight is 410 g/mol. The summed E-state index contributed by atoms with van der Waals surface area (Å²) in [4.78, 5) is 18.9. The first-order valence-electron chi connectivity index (χ1n) is 7.12. The first-order valence-corrected chi connectivity index (χ1v) is 9.28. The summed E-state index contributed by atoms with van der Waals surface area (Å²) in [7, 11) is 0. The van der Waals surface area contributed by atoms with E-state index in [4.69, 9.17) is 11.6 Å². The van der Waals surface area contributed by atoms with Gasteiger partial charge in [-0.2, -0.15) is 0 Å². The van der Waals surface area contributed by atoms with Crippen LogP contribution >= 0.6 is 39.3 Å². The maximum atomic E-state index is 12.7. The monoisotopic (exact) mass is 408 g/mol. The van der Waals surface area contributed by atoms with Crippen molar-refractivity contribution >= 4 is 50.4 Å². The molecule has 0 radical (unpaired) electrons. The quantitative estimate of drug-likeness (QED) is 0.726. The van der Waals surface area contributed by atoms with Crippen molar-refractivity contribution in [1.82, 2.24) is 4.90 Å². The highest BCUT2D eigenvalue weighted by Gasteiger charge is 2.25. The number of carbonyl (C=O) groups is 1. The van der Waals surface area contributed by atoms with Gasteiger partial charge in [0.2, 0.25) is 0 Å². The molecule has 0 fully saturated rings. The maximum Gasteiger partial charge on any atom is 0.259 e. The van der Waals surface area contributed by atoms with Gasteiger partial charge in [-0.3, -0.25) is 14.7 Å². The number of aliphatic imine (C=N–C) groups is 1. The zero-order valence-electron chi connectivity index (χ0n) is 12.2. The van der Waals surface area contributed by atoms with Crippen molar-refractivity contribution in [3.8, 4) is 0 Å². The zero-order chi connectivity index (χ0) is 16.2. The average Bonchev–Trinajstić information content (AvgIpc) is 3.01. The molecular weight excluding hydrogens is 396 g/mol. The summed E-state index contributed by atoms with van der Waals surface area (Å²) in [5.41, 5.74) is 1.78. The molecule has 0 aliphatic carbocycles. The van der Waals surface area contributed by atoms with Crippen molar-refractivity contribution in [1.29, 1.82) is 0 Å². The Hall–Kier alpha value is -1.30. The lowest BCUT2D eigenvalue weighted by Gasteiger charge is -2.18. The van der Waals surface area contributed by atoms with E-state index in [0.29, 0.717) is 18.7 Å². The van der Waals surface area contributed by atoms with Gasteiger partial charge in [0, 0.05) is 27.4 Å². The van der Waals surface area contributed by atoms with Crippen LogP contribution in [0.15, 0.2) is 58.0 Å². The van der Waals surface area contributed by atoms with E-state index in [1.807, 2.05) is 48.5 Å². The van der Waals surface area contributed by atoms with Crippen molar-refractivity contribution in [2.75, 3.05) is 13.1 Å². The van der Waals surface area contributed by atoms with E-state index in [1.54, 1.807) is 16.7 Å². The Bertz CT molecular complexity index is 766. The normalized spacial score (nSPS) is 14.0. The summed E-state index contributed by atoms with van der Waals surface area (Å²) in [6.45, 7) is 1.28. The molecule has 23 heavy (non-hydrogen) atoms. The lowest BCUT2D eigenvalue weighted by molar-refractivity contribution is 0.0860. The molecular formula is C17H14BrClN2OS. The van der Waals surface area contributed by atoms with Crippen molar-refractivity contribution < 1.29 is 4.79 Å². The largest absolute Gasteiger partial charge is 0.286 e. The highest BCUT2D eigenvalue weighted by atomic mass is 79.9. The lowest BCUT2D eigenvalue weighted by atomic mass is 10.2. The number of rotatable bonds is 3. The molecule has 0 bridgehead atoms. The van der Waals surface area contributed by atoms with Gasteiger partial charge in [0.25, 0.3) is 5.91 Å². The van der Waals surface area contributed by atoms with Gasteiger partial charge in [0.1, 0.15) is 0 Å². The van der Waals surface area contributed by atoms with E-state index in [9.17, 15) is 4.79 Å². The molecule has 1 aliphatic rings. The summed E-state index contributed by atoms with van der Waals surface area (Å²) in [6, 6.07) is 15.2. The molecule has 0 spiro atoms. The molecule has 6 heteroatoms. The summed E-state index contributed by atoms with van der Waals surface area (Å²) < 4.78 is 0.896. The summed E-state index contributed by atoms with van der Waals surface area (Å²) >= 11 is 11.0. The number of benzene rings is 2. The second-order valence-corrected chi connectivity index (χ2v) is 7.34. The molecule has 0 aromatic heterocycles. The van der Waals surface area contributed by atoms with Crippen LogP contribution in [0.25, 0.3) is 0 Å². The van der Waals surface area contributed by atoms with Gasteiger partial charge in [-0.15, -0.1) is 0 Å². The van der Waals surface area contributed by atoms with E-state index >= 15 is 0 Å². The molecule has 0 atom stereocenters. The molecule has 3 rings (SSSR count). The molecule has 3 nitrogen and oxygen atoms in total. The van der Waals surface area contributed by atoms with Crippen LogP contribution in [0.4, 0.5) is 0 Å². The smallest absolute Gasteiger partial charge is 0.259 e. The number of hydrogen-bond acceptors (Lipinski definition) is 3. The summed E-state index contributed by atoms with van der Waals surface area (Å²) in [5.74, 6) is 0.725. The standard InChI is InChI=1S/C17H14BrClN2OS/c18-14-5-2-4-13(10-14)16(22)21-8-7-20-17(21)23-11-12-3-1-6-15(19)9-12/h1-6,9-10H,7-8,11H2. The van der Waals surface area contributed by atoms with Gasteiger partial charge < -0.3 is 0 Å². The predicted octanol–water partition coefficient (Wildman–Crippen LogP) is 4.85. The number of amidine groups is 1. The summed E-state index contributed by atoms with van der Waals surface area (Å²) in [5, 5.41) is 1.49. The first kappa shape index (κ1) is 16.6. The number of amides is 1. The second kappa shape index (κ2) is 7.51. The first-order chi connectivity index (χ1) is 11.1. The third kappa shape index (κ3) is 4.16. The third-order valence-electron chi connectivity index (χ3n) is 3.38. The van der Waals surface area contributed by atoms with Crippen LogP contribution in [0.5, 0.6) is 0 Å². The number of thioether (sulfide) groups is 1.